The first-order valence-electron chi connectivity index (χ1n) is 4.71. The Morgan fingerprint density at radius 2 is 1.92 bits per heavy atom. The average Bonchev–Trinajstić information content (AvgIpc) is 2.12. The Balaban J connectivity index is 2.03. The molecule has 2 saturated heterocycles. The lowest BCUT2D eigenvalue weighted by Gasteiger charge is -2.46. The molecule has 3 N–H and O–H groups in total. The molecule has 12 heavy (non-hydrogen) atoms. The molecule has 2 aliphatic heterocycles. The van der Waals surface area contributed by atoms with E-state index in [4.69, 9.17) is 0 Å². The molecule has 0 amide bonds. The van der Waals surface area contributed by atoms with E-state index in [1.807, 2.05) is 0 Å². The first kappa shape index (κ1) is 8.44. The highest BCUT2D eigenvalue weighted by molar-refractivity contribution is 4.91. The van der Waals surface area contributed by atoms with Gasteiger partial charge in [0.25, 0.3) is 0 Å². The maximum atomic E-state index is 3.50. The Bertz CT molecular complexity index is 159. The van der Waals surface area contributed by atoms with Crippen molar-refractivity contribution < 1.29 is 0 Å². The molecule has 3 atom stereocenters. The van der Waals surface area contributed by atoms with Gasteiger partial charge in [-0.2, -0.15) is 0 Å². The summed E-state index contributed by atoms with van der Waals surface area (Å²) in [6.45, 7) is 5.46. The molecule has 0 aromatic rings. The Morgan fingerprint density at radius 1 is 1.17 bits per heavy atom. The summed E-state index contributed by atoms with van der Waals surface area (Å²) in [5, 5.41) is 10.4. The minimum absolute atomic E-state index is 0.431. The summed E-state index contributed by atoms with van der Waals surface area (Å²) in [7, 11) is 2.18. The number of nitrogens with one attached hydrogen (secondary N) is 3. The van der Waals surface area contributed by atoms with Gasteiger partial charge in [-0.3, -0.25) is 20.9 Å². The molecule has 2 aliphatic rings. The van der Waals surface area contributed by atoms with Gasteiger partial charge in [0.05, 0.1) is 12.3 Å². The molecule has 0 spiro atoms. The van der Waals surface area contributed by atoms with Crippen molar-refractivity contribution in [3.05, 3.63) is 0 Å². The van der Waals surface area contributed by atoms with Crippen LogP contribution in [0.5, 0.6) is 0 Å². The zero-order chi connectivity index (χ0) is 8.55. The predicted octanol–water partition coefficient (Wildman–Crippen LogP) is -1.25. The van der Waals surface area contributed by atoms with Crippen LogP contribution in [0.1, 0.15) is 6.92 Å². The normalized spacial score (nSPS) is 44.0. The highest BCUT2D eigenvalue weighted by Crippen LogP contribution is 2.10. The zero-order valence-corrected chi connectivity index (χ0v) is 7.80. The Hall–Kier alpha value is -0.160. The number of likely N-dealkylation sites (N-methyl/N-ethyl adjacent to an activating group) is 1. The average molecular weight is 170 g/mol. The van der Waals surface area contributed by atoms with Crippen molar-refractivity contribution in [1.29, 1.82) is 0 Å². The van der Waals surface area contributed by atoms with Gasteiger partial charge in [-0.25, -0.2) is 0 Å². The lowest BCUT2D eigenvalue weighted by Crippen LogP contribution is -2.73. The summed E-state index contributed by atoms with van der Waals surface area (Å²) in [5.74, 6) is 0. The molecule has 0 saturated carbocycles. The molecule has 0 aromatic carbocycles. The molecule has 0 aliphatic carbocycles. The molecular formula is C8H18N4. The van der Waals surface area contributed by atoms with Gasteiger partial charge in [0, 0.05) is 25.7 Å². The van der Waals surface area contributed by atoms with Crippen LogP contribution < -0.4 is 16.0 Å². The number of hydrogen-bond donors (Lipinski definition) is 3. The van der Waals surface area contributed by atoms with E-state index in [1.165, 1.54) is 0 Å². The van der Waals surface area contributed by atoms with Crippen molar-refractivity contribution in [2.75, 3.05) is 26.7 Å². The lowest BCUT2D eigenvalue weighted by atomic mass is 10.1. The third kappa shape index (κ3) is 1.35. The minimum Gasteiger partial charge on any atom is -0.298 e. The third-order valence-electron chi connectivity index (χ3n) is 2.93. The molecule has 2 heterocycles. The van der Waals surface area contributed by atoms with E-state index in [9.17, 15) is 0 Å². The molecule has 70 valence electrons. The monoisotopic (exact) mass is 170 g/mol. The van der Waals surface area contributed by atoms with Crippen LogP contribution >= 0.6 is 0 Å². The smallest absolute Gasteiger partial charge is 0.0892 e. The van der Waals surface area contributed by atoms with Crippen LogP contribution in [0.15, 0.2) is 0 Å². The number of piperazine rings is 2. The lowest BCUT2D eigenvalue weighted by molar-refractivity contribution is 0.0479. The Morgan fingerprint density at radius 3 is 2.75 bits per heavy atom. The summed E-state index contributed by atoms with van der Waals surface area (Å²) in [6, 6.07) is 0.624. The highest BCUT2D eigenvalue weighted by atomic mass is 15.4. The van der Waals surface area contributed by atoms with Crippen LogP contribution in [0, 0.1) is 0 Å². The molecular weight excluding hydrogens is 152 g/mol. The minimum atomic E-state index is 0.431. The second-order valence-corrected chi connectivity index (χ2v) is 3.75. The number of hydrogen-bond acceptors (Lipinski definition) is 4. The van der Waals surface area contributed by atoms with Gasteiger partial charge in [0.2, 0.25) is 0 Å². The van der Waals surface area contributed by atoms with Gasteiger partial charge in [-0.1, -0.05) is 0 Å². The molecule has 3 unspecified atom stereocenters. The van der Waals surface area contributed by atoms with Crippen molar-refractivity contribution in [3.63, 3.8) is 0 Å². The molecule has 2 fully saturated rings. The fourth-order valence-corrected chi connectivity index (χ4v) is 1.96. The fraction of sp³-hybridized carbons (Fsp3) is 1.00. The van der Waals surface area contributed by atoms with Crippen molar-refractivity contribution >= 4 is 0 Å². The van der Waals surface area contributed by atoms with Crippen molar-refractivity contribution in [3.8, 4) is 0 Å². The Kier molecular flexibility index (Phi) is 2.32. The van der Waals surface area contributed by atoms with Crippen LogP contribution in [-0.4, -0.2) is 50.0 Å². The summed E-state index contributed by atoms with van der Waals surface area (Å²) in [5.41, 5.74) is 0. The van der Waals surface area contributed by atoms with E-state index < -0.39 is 0 Å². The highest BCUT2D eigenvalue weighted by Gasteiger charge is 2.33. The molecule has 2 rings (SSSR count). The molecule has 4 heteroatoms. The molecule has 0 radical (unpaired) electrons. The third-order valence-corrected chi connectivity index (χ3v) is 2.93. The maximum Gasteiger partial charge on any atom is 0.0892 e. The summed E-state index contributed by atoms with van der Waals surface area (Å²) < 4.78 is 0. The van der Waals surface area contributed by atoms with Crippen LogP contribution in [-0.2, 0) is 0 Å². The largest absolute Gasteiger partial charge is 0.298 e. The topological polar surface area (TPSA) is 39.3 Å². The second-order valence-electron chi connectivity index (χ2n) is 3.75. The fourth-order valence-electron chi connectivity index (χ4n) is 1.96. The van der Waals surface area contributed by atoms with Crippen LogP contribution in [0.3, 0.4) is 0 Å². The van der Waals surface area contributed by atoms with Crippen LogP contribution in [0.2, 0.25) is 0 Å². The van der Waals surface area contributed by atoms with Gasteiger partial charge in [0.15, 0.2) is 0 Å². The first-order valence-corrected chi connectivity index (χ1v) is 4.71. The molecule has 0 bridgehead atoms. The van der Waals surface area contributed by atoms with Crippen molar-refractivity contribution in [2.45, 2.75) is 25.3 Å². The van der Waals surface area contributed by atoms with Crippen molar-refractivity contribution in [1.82, 2.24) is 20.9 Å². The number of rotatable bonds is 0. The summed E-state index contributed by atoms with van der Waals surface area (Å²) >= 11 is 0. The van der Waals surface area contributed by atoms with E-state index in [-0.39, 0.29) is 0 Å². The van der Waals surface area contributed by atoms with Gasteiger partial charge >= 0.3 is 0 Å². The molecule has 0 aromatic heterocycles. The maximum absolute atomic E-state index is 3.50. The van der Waals surface area contributed by atoms with Gasteiger partial charge in [-0.15, -0.1) is 0 Å². The summed E-state index contributed by atoms with van der Waals surface area (Å²) in [6.07, 6.45) is 0.891. The summed E-state index contributed by atoms with van der Waals surface area (Å²) in [4.78, 5) is 2.40. The van der Waals surface area contributed by atoms with E-state index >= 15 is 0 Å². The Labute approximate surface area is 73.7 Å². The number of fused-ring (bicyclic) bond motifs is 1. The van der Waals surface area contributed by atoms with Gasteiger partial charge < -0.3 is 0 Å². The van der Waals surface area contributed by atoms with Crippen molar-refractivity contribution in [2.24, 2.45) is 0 Å². The quantitative estimate of drug-likeness (QED) is 0.425. The van der Waals surface area contributed by atoms with E-state index in [0.29, 0.717) is 18.4 Å². The number of nitrogens with zero attached hydrogens (tertiary/aromatic N) is 1. The SMILES string of the molecule is CC1CNC2NCCNC2N1C. The van der Waals surface area contributed by atoms with Gasteiger partial charge in [0.1, 0.15) is 0 Å². The van der Waals surface area contributed by atoms with Crippen LogP contribution in [0.4, 0.5) is 0 Å². The van der Waals surface area contributed by atoms with Crippen LogP contribution in [0.25, 0.3) is 0 Å². The van der Waals surface area contributed by atoms with E-state index in [2.05, 4.69) is 34.8 Å². The molecule has 4 nitrogen and oxygen atoms in total. The standard InChI is InChI=1S/C8H18N4/c1-6-5-11-7-8(12(6)2)10-4-3-9-7/h6-11H,3-5H2,1-2H3. The van der Waals surface area contributed by atoms with Gasteiger partial charge in [-0.05, 0) is 14.0 Å². The predicted molar refractivity (Wildman–Crippen MR) is 48.8 cm³/mol. The van der Waals surface area contributed by atoms with E-state index in [1.54, 1.807) is 0 Å². The van der Waals surface area contributed by atoms with E-state index in [0.717, 1.165) is 19.6 Å². The second kappa shape index (κ2) is 3.30. The first-order chi connectivity index (χ1) is 5.79. The zero-order valence-electron chi connectivity index (χ0n) is 7.80.